The molecule has 1 amide bonds. The number of hydrogen-bond donors (Lipinski definition) is 1. The molecule has 0 unspecified atom stereocenters. The zero-order chi connectivity index (χ0) is 15.7. The molecule has 2 aromatic rings. The van der Waals surface area contributed by atoms with Crippen LogP contribution in [0.1, 0.15) is 21.5 Å². The number of rotatable bonds is 4. The predicted octanol–water partition coefficient (Wildman–Crippen LogP) is 1.68. The van der Waals surface area contributed by atoms with Crippen LogP contribution in [0.5, 0.6) is 0 Å². The van der Waals surface area contributed by atoms with Gasteiger partial charge >= 0.3 is 0 Å². The summed E-state index contributed by atoms with van der Waals surface area (Å²) in [5.74, 6) is -0.622. The first-order chi connectivity index (χ1) is 10.5. The minimum Gasteiger partial charge on any atom is -0.366 e. The van der Waals surface area contributed by atoms with Gasteiger partial charge in [0.25, 0.3) is 0 Å². The van der Waals surface area contributed by atoms with Crippen molar-refractivity contribution in [3.8, 4) is 0 Å². The molecule has 6 heteroatoms. The number of nitrogens with zero attached hydrogens (tertiary/aromatic N) is 1. The molecule has 1 heterocycles. The molecule has 5 nitrogen and oxygen atoms in total. The van der Waals surface area contributed by atoms with E-state index in [1.165, 1.54) is 4.31 Å². The Morgan fingerprint density at radius 3 is 2.55 bits per heavy atom. The van der Waals surface area contributed by atoms with E-state index in [9.17, 15) is 13.2 Å². The fraction of sp³-hybridized carbons (Fsp3) is 0.188. The van der Waals surface area contributed by atoms with Crippen LogP contribution >= 0.6 is 0 Å². The first-order valence-corrected chi connectivity index (χ1v) is 8.55. The molecule has 0 aliphatic carbocycles. The van der Waals surface area contributed by atoms with Gasteiger partial charge in [-0.1, -0.05) is 36.4 Å². The molecule has 0 saturated heterocycles. The minimum absolute atomic E-state index is 0.0614. The maximum atomic E-state index is 12.7. The lowest BCUT2D eigenvalue weighted by Gasteiger charge is -2.20. The van der Waals surface area contributed by atoms with Gasteiger partial charge in [-0.2, -0.15) is 0 Å². The van der Waals surface area contributed by atoms with E-state index in [0.717, 1.165) is 11.1 Å². The van der Waals surface area contributed by atoms with Crippen molar-refractivity contribution < 1.29 is 13.2 Å². The number of primary amides is 1. The molecule has 3 rings (SSSR count). The summed E-state index contributed by atoms with van der Waals surface area (Å²) >= 11 is 0. The van der Waals surface area contributed by atoms with Crippen molar-refractivity contribution in [2.45, 2.75) is 12.2 Å². The second-order valence-corrected chi connectivity index (χ2v) is 7.16. The molecule has 22 heavy (non-hydrogen) atoms. The monoisotopic (exact) mass is 316 g/mol. The van der Waals surface area contributed by atoms with E-state index in [-0.39, 0.29) is 5.75 Å². The number of anilines is 1. The summed E-state index contributed by atoms with van der Waals surface area (Å²) in [6, 6.07) is 14.0. The van der Waals surface area contributed by atoms with Crippen LogP contribution in [0.2, 0.25) is 0 Å². The number of carbonyl (C=O) groups is 1. The van der Waals surface area contributed by atoms with Crippen molar-refractivity contribution in [2.24, 2.45) is 5.73 Å². The Labute approximate surface area is 129 Å². The van der Waals surface area contributed by atoms with Crippen LogP contribution < -0.4 is 10.0 Å². The zero-order valence-electron chi connectivity index (χ0n) is 11.9. The molecule has 0 atom stereocenters. The lowest BCUT2D eigenvalue weighted by Crippen LogP contribution is -2.30. The molecule has 2 N–H and O–H groups in total. The van der Waals surface area contributed by atoms with Gasteiger partial charge in [0, 0.05) is 12.1 Å². The standard InChI is InChI=1S/C16H16N2O3S/c17-16(19)14-7-6-13-8-9-18(15(13)10-14)22(20,21)11-12-4-2-1-3-5-12/h1-7,10H,8-9,11H2,(H2,17,19). The average Bonchev–Trinajstić information content (AvgIpc) is 2.91. The Bertz CT molecular complexity index is 817. The van der Waals surface area contributed by atoms with Crippen molar-refractivity contribution in [1.29, 1.82) is 0 Å². The second kappa shape index (κ2) is 5.46. The van der Waals surface area contributed by atoms with Crippen LogP contribution in [0.4, 0.5) is 5.69 Å². The van der Waals surface area contributed by atoms with E-state index >= 15 is 0 Å². The number of fused-ring (bicyclic) bond motifs is 1. The van der Waals surface area contributed by atoms with Crippen LogP contribution in [0.25, 0.3) is 0 Å². The van der Waals surface area contributed by atoms with Crippen LogP contribution in [0.15, 0.2) is 48.5 Å². The molecule has 0 spiro atoms. The molecule has 1 aliphatic rings. The minimum atomic E-state index is -3.49. The number of carbonyl (C=O) groups excluding carboxylic acids is 1. The Morgan fingerprint density at radius 1 is 1.14 bits per heavy atom. The van der Waals surface area contributed by atoms with Gasteiger partial charge in [0.15, 0.2) is 0 Å². The average molecular weight is 316 g/mol. The highest BCUT2D eigenvalue weighted by atomic mass is 32.2. The van der Waals surface area contributed by atoms with E-state index in [1.54, 1.807) is 30.3 Å². The summed E-state index contributed by atoms with van der Waals surface area (Å²) in [5, 5.41) is 0. The lowest BCUT2D eigenvalue weighted by molar-refractivity contribution is 0.100. The lowest BCUT2D eigenvalue weighted by atomic mass is 10.1. The summed E-state index contributed by atoms with van der Waals surface area (Å²) < 4.78 is 26.7. The van der Waals surface area contributed by atoms with Gasteiger partial charge < -0.3 is 5.73 Å². The van der Waals surface area contributed by atoms with Crippen molar-refractivity contribution >= 4 is 21.6 Å². The van der Waals surface area contributed by atoms with Gasteiger partial charge in [-0.3, -0.25) is 9.10 Å². The zero-order valence-corrected chi connectivity index (χ0v) is 12.7. The fourth-order valence-corrected chi connectivity index (χ4v) is 4.26. The molecule has 2 aromatic carbocycles. The van der Waals surface area contributed by atoms with Crippen LogP contribution in [0.3, 0.4) is 0 Å². The highest BCUT2D eigenvalue weighted by Crippen LogP contribution is 2.32. The van der Waals surface area contributed by atoms with Crippen molar-refractivity contribution in [2.75, 3.05) is 10.8 Å². The molecule has 1 aliphatic heterocycles. The van der Waals surface area contributed by atoms with Gasteiger partial charge in [0.2, 0.25) is 15.9 Å². The quantitative estimate of drug-likeness (QED) is 0.932. The first-order valence-electron chi connectivity index (χ1n) is 6.94. The maximum absolute atomic E-state index is 12.7. The second-order valence-electron chi connectivity index (χ2n) is 5.27. The molecule has 0 fully saturated rings. The first kappa shape index (κ1) is 14.6. The van der Waals surface area contributed by atoms with E-state index in [4.69, 9.17) is 5.73 Å². The third-order valence-electron chi connectivity index (χ3n) is 3.75. The molecular weight excluding hydrogens is 300 g/mol. The number of nitrogens with two attached hydrogens (primary N) is 1. The third-order valence-corrected chi connectivity index (χ3v) is 5.50. The van der Waals surface area contributed by atoms with E-state index < -0.39 is 15.9 Å². The summed E-state index contributed by atoms with van der Waals surface area (Å²) in [7, 11) is -3.49. The maximum Gasteiger partial charge on any atom is 0.248 e. The van der Waals surface area contributed by atoms with Gasteiger partial charge in [0.05, 0.1) is 11.4 Å². The highest BCUT2D eigenvalue weighted by molar-refractivity contribution is 7.92. The third kappa shape index (κ3) is 2.69. The number of hydrogen-bond acceptors (Lipinski definition) is 3. The van der Waals surface area contributed by atoms with Crippen LogP contribution in [0, 0.1) is 0 Å². The summed E-state index contributed by atoms with van der Waals surface area (Å²) in [6.07, 6.45) is 0.641. The molecule has 0 radical (unpaired) electrons. The van der Waals surface area contributed by atoms with E-state index in [1.807, 2.05) is 18.2 Å². The van der Waals surface area contributed by atoms with Gasteiger partial charge in [-0.05, 0) is 29.7 Å². The normalized spacial score (nSPS) is 13.9. The molecular formula is C16H16N2O3S. The Kier molecular flexibility index (Phi) is 3.62. The Hall–Kier alpha value is -2.34. The number of benzene rings is 2. The SMILES string of the molecule is NC(=O)c1ccc2c(c1)N(S(=O)(=O)Cc1ccccc1)CC2. The van der Waals surface area contributed by atoms with Gasteiger partial charge in [0.1, 0.15) is 0 Å². The molecule has 0 saturated carbocycles. The van der Waals surface area contributed by atoms with Crippen LogP contribution in [-0.2, 0) is 22.2 Å². The molecule has 0 bridgehead atoms. The Balaban J connectivity index is 1.94. The number of sulfonamides is 1. The fourth-order valence-electron chi connectivity index (χ4n) is 2.65. The van der Waals surface area contributed by atoms with Gasteiger partial charge in [-0.15, -0.1) is 0 Å². The van der Waals surface area contributed by atoms with E-state index in [2.05, 4.69) is 0 Å². The summed E-state index contributed by atoms with van der Waals surface area (Å²) in [6.45, 7) is 0.396. The van der Waals surface area contributed by atoms with E-state index in [0.29, 0.717) is 24.2 Å². The summed E-state index contributed by atoms with van der Waals surface area (Å²) in [5.41, 5.74) is 7.82. The summed E-state index contributed by atoms with van der Waals surface area (Å²) in [4.78, 5) is 11.3. The van der Waals surface area contributed by atoms with Crippen molar-refractivity contribution in [1.82, 2.24) is 0 Å². The van der Waals surface area contributed by atoms with Crippen LogP contribution in [-0.4, -0.2) is 20.9 Å². The predicted molar refractivity (Wildman–Crippen MR) is 85.1 cm³/mol. The van der Waals surface area contributed by atoms with Crippen molar-refractivity contribution in [3.63, 3.8) is 0 Å². The molecule has 114 valence electrons. The topological polar surface area (TPSA) is 80.5 Å². The highest BCUT2D eigenvalue weighted by Gasteiger charge is 2.30. The Morgan fingerprint density at radius 2 is 1.86 bits per heavy atom. The smallest absolute Gasteiger partial charge is 0.248 e. The van der Waals surface area contributed by atoms with Gasteiger partial charge in [-0.25, -0.2) is 8.42 Å². The largest absolute Gasteiger partial charge is 0.366 e. The molecule has 0 aromatic heterocycles. The number of amides is 1. The van der Waals surface area contributed by atoms with Crippen molar-refractivity contribution in [3.05, 3.63) is 65.2 Å².